The zero-order chi connectivity index (χ0) is 26.9. The van der Waals surface area contributed by atoms with Gasteiger partial charge in [-0.1, -0.05) is 97.1 Å². The molecule has 0 radical (unpaired) electrons. The molecule has 0 bridgehead atoms. The van der Waals surface area contributed by atoms with E-state index in [1.807, 2.05) is 0 Å². The molecule has 9 rings (SSSR count). The van der Waals surface area contributed by atoms with Crippen LogP contribution in [0.25, 0.3) is 22.3 Å². The molecule has 3 heteroatoms. The van der Waals surface area contributed by atoms with Gasteiger partial charge in [0.15, 0.2) is 0 Å². The fraction of sp³-hybridized carbons (Fsp3) is 0.0526. The van der Waals surface area contributed by atoms with Crippen LogP contribution in [0.3, 0.4) is 0 Å². The number of hydrogen-bond donors (Lipinski definition) is 0. The summed E-state index contributed by atoms with van der Waals surface area (Å²) >= 11 is 0. The maximum Gasteiger partial charge on any atom is 0.256 e. The van der Waals surface area contributed by atoms with Gasteiger partial charge in [-0.3, -0.25) is 0 Å². The first-order valence-corrected chi connectivity index (χ1v) is 14.4. The Hall–Kier alpha value is -5.02. The fourth-order valence-electron chi connectivity index (χ4n) is 6.90. The second-order valence-electron chi connectivity index (χ2n) is 11.3. The number of ether oxygens (including phenoxy) is 1. The molecule has 192 valence electrons. The van der Waals surface area contributed by atoms with Crippen LogP contribution in [0.5, 0.6) is 11.5 Å². The van der Waals surface area contributed by atoms with Gasteiger partial charge in [0, 0.05) is 17.1 Å². The van der Waals surface area contributed by atoms with E-state index in [-0.39, 0.29) is 6.71 Å². The second-order valence-corrected chi connectivity index (χ2v) is 11.3. The molecule has 2 heterocycles. The molecule has 0 spiro atoms. The molecular weight excluding hydrogens is 497 g/mol. The molecule has 2 aliphatic heterocycles. The number of nitrogens with zero attached hydrogens (tertiary/aromatic N) is 1. The molecule has 0 amide bonds. The molecule has 41 heavy (non-hydrogen) atoms. The quantitative estimate of drug-likeness (QED) is 0.222. The van der Waals surface area contributed by atoms with Crippen molar-refractivity contribution in [2.75, 3.05) is 4.90 Å². The van der Waals surface area contributed by atoms with E-state index in [0.717, 1.165) is 30.0 Å². The maximum absolute atomic E-state index is 6.66. The van der Waals surface area contributed by atoms with E-state index in [0.29, 0.717) is 0 Å². The summed E-state index contributed by atoms with van der Waals surface area (Å²) in [5.41, 5.74) is 15.2. The summed E-state index contributed by atoms with van der Waals surface area (Å²) in [5, 5.41) is 0. The smallest absolute Gasteiger partial charge is 0.256 e. The topological polar surface area (TPSA) is 12.5 Å². The minimum atomic E-state index is 0.120. The summed E-state index contributed by atoms with van der Waals surface area (Å²) in [5.74, 6) is 1.97. The molecule has 0 saturated heterocycles. The Morgan fingerprint density at radius 1 is 0.488 bits per heavy atom. The first kappa shape index (κ1) is 22.8. The summed E-state index contributed by atoms with van der Waals surface area (Å²) < 4.78 is 6.66. The lowest BCUT2D eigenvalue weighted by Gasteiger charge is -2.40. The van der Waals surface area contributed by atoms with Crippen LogP contribution >= 0.6 is 0 Å². The lowest BCUT2D eigenvalue weighted by atomic mass is 9.34. The van der Waals surface area contributed by atoms with Crippen LogP contribution in [0.4, 0.5) is 17.1 Å². The Bertz CT molecular complexity index is 1970. The van der Waals surface area contributed by atoms with E-state index in [9.17, 15) is 0 Å². The van der Waals surface area contributed by atoms with Crippen LogP contribution in [-0.2, 0) is 12.8 Å². The van der Waals surface area contributed by atoms with Crippen molar-refractivity contribution in [3.05, 3.63) is 145 Å². The van der Waals surface area contributed by atoms with Crippen LogP contribution in [0.15, 0.2) is 133 Å². The monoisotopic (exact) mass is 523 g/mol. The third-order valence-corrected chi connectivity index (χ3v) is 9.02. The highest BCUT2D eigenvalue weighted by Gasteiger charge is 2.42. The Labute approximate surface area is 240 Å². The molecule has 1 aliphatic carbocycles. The average Bonchev–Trinajstić information content (AvgIpc) is 3.03. The lowest BCUT2D eigenvalue weighted by Crippen LogP contribution is -2.59. The first-order valence-electron chi connectivity index (χ1n) is 14.4. The van der Waals surface area contributed by atoms with Crippen molar-refractivity contribution >= 4 is 40.2 Å². The third kappa shape index (κ3) is 3.45. The third-order valence-electron chi connectivity index (χ3n) is 9.02. The highest BCUT2D eigenvalue weighted by molar-refractivity contribution is 6.99. The summed E-state index contributed by atoms with van der Waals surface area (Å²) in [6.45, 7) is 0.120. The van der Waals surface area contributed by atoms with E-state index in [4.69, 9.17) is 4.74 Å². The summed E-state index contributed by atoms with van der Waals surface area (Å²) in [4.78, 5) is 2.42. The highest BCUT2D eigenvalue weighted by Crippen LogP contribution is 2.42. The molecule has 0 aromatic heterocycles. The van der Waals surface area contributed by atoms with E-state index in [1.54, 1.807) is 0 Å². The number of fused-ring (bicyclic) bond motifs is 5. The SMILES string of the molecule is c1ccc(-c2ccc(N3c4ccc(-c5ccccc5)cc4B4c5cc6c(cc5Oc5cccc3c54)CC6)cc2)cc1. The van der Waals surface area contributed by atoms with Crippen molar-refractivity contribution in [1.82, 2.24) is 0 Å². The molecule has 6 aromatic carbocycles. The Morgan fingerprint density at radius 2 is 1.15 bits per heavy atom. The molecular formula is C38H26BNO. The van der Waals surface area contributed by atoms with Crippen molar-refractivity contribution in [3.63, 3.8) is 0 Å². The minimum absolute atomic E-state index is 0.120. The predicted octanol–water partition coefficient (Wildman–Crippen LogP) is 7.52. The van der Waals surface area contributed by atoms with E-state index in [2.05, 4.69) is 138 Å². The maximum atomic E-state index is 6.66. The zero-order valence-corrected chi connectivity index (χ0v) is 22.5. The van der Waals surface area contributed by atoms with Gasteiger partial charge in [0.1, 0.15) is 11.5 Å². The van der Waals surface area contributed by atoms with Crippen LogP contribution in [0.2, 0.25) is 0 Å². The standard InChI is InChI=1S/C38H26BNO/c1-3-8-25(9-4-1)27-16-19-31(20-17-27)40-34-21-18-28(26-10-5-2-6-11-26)22-32(34)39-33-23-29-14-15-30(29)24-37(33)41-36-13-7-12-35(40)38(36)39/h1-13,16-24H,14-15H2. The molecule has 0 unspecified atom stereocenters. The molecule has 0 N–H and O–H groups in total. The number of hydrogen-bond acceptors (Lipinski definition) is 2. The van der Waals surface area contributed by atoms with Crippen LogP contribution < -0.4 is 26.0 Å². The average molecular weight is 523 g/mol. The van der Waals surface area contributed by atoms with Gasteiger partial charge in [-0.2, -0.15) is 0 Å². The molecule has 0 fully saturated rings. The Balaban J connectivity index is 1.27. The number of benzene rings is 6. The first-order chi connectivity index (χ1) is 20.3. The van der Waals surface area contributed by atoms with Crippen molar-refractivity contribution in [2.24, 2.45) is 0 Å². The summed E-state index contributed by atoms with van der Waals surface area (Å²) in [7, 11) is 0. The van der Waals surface area contributed by atoms with Crippen molar-refractivity contribution in [2.45, 2.75) is 12.8 Å². The van der Waals surface area contributed by atoms with Gasteiger partial charge in [-0.15, -0.1) is 0 Å². The van der Waals surface area contributed by atoms with Crippen LogP contribution in [0.1, 0.15) is 11.1 Å². The number of anilines is 3. The van der Waals surface area contributed by atoms with E-state index < -0.39 is 0 Å². The molecule has 3 aliphatic rings. The van der Waals surface area contributed by atoms with E-state index in [1.165, 1.54) is 61.1 Å². The number of aryl methyl sites for hydroxylation is 2. The van der Waals surface area contributed by atoms with Crippen molar-refractivity contribution < 1.29 is 4.74 Å². The molecule has 2 nitrogen and oxygen atoms in total. The summed E-state index contributed by atoms with van der Waals surface area (Å²) in [6.07, 6.45) is 2.30. The second kappa shape index (κ2) is 8.74. The van der Waals surface area contributed by atoms with Gasteiger partial charge in [0.05, 0.1) is 0 Å². The van der Waals surface area contributed by atoms with Gasteiger partial charge in [-0.25, -0.2) is 0 Å². The highest BCUT2D eigenvalue weighted by atomic mass is 16.5. The number of rotatable bonds is 3. The molecule has 0 saturated carbocycles. The fourth-order valence-corrected chi connectivity index (χ4v) is 6.90. The van der Waals surface area contributed by atoms with Gasteiger partial charge >= 0.3 is 0 Å². The molecule has 0 atom stereocenters. The lowest BCUT2D eigenvalue weighted by molar-refractivity contribution is 0.485. The Kier molecular flexibility index (Phi) is 4.85. The zero-order valence-electron chi connectivity index (χ0n) is 22.5. The van der Waals surface area contributed by atoms with Crippen LogP contribution in [-0.4, -0.2) is 6.71 Å². The van der Waals surface area contributed by atoms with Gasteiger partial charge < -0.3 is 9.64 Å². The largest absolute Gasteiger partial charge is 0.458 e. The minimum Gasteiger partial charge on any atom is -0.458 e. The Morgan fingerprint density at radius 3 is 1.88 bits per heavy atom. The predicted molar refractivity (Wildman–Crippen MR) is 171 cm³/mol. The van der Waals surface area contributed by atoms with E-state index >= 15 is 0 Å². The summed E-state index contributed by atoms with van der Waals surface area (Å²) in [6, 6.07) is 48.5. The normalized spacial score (nSPS) is 13.8. The van der Waals surface area contributed by atoms with Gasteiger partial charge in [-0.05, 0) is 99.0 Å². The molecule has 6 aromatic rings. The van der Waals surface area contributed by atoms with Crippen molar-refractivity contribution in [1.29, 1.82) is 0 Å². The van der Waals surface area contributed by atoms with Gasteiger partial charge in [0.25, 0.3) is 6.71 Å². The van der Waals surface area contributed by atoms with Crippen LogP contribution in [0, 0.1) is 0 Å². The van der Waals surface area contributed by atoms with Crippen molar-refractivity contribution in [3.8, 4) is 33.8 Å². The van der Waals surface area contributed by atoms with Gasteiger partial charge in [0.2, 0.25) is 0 Å².